The van der Waals surface area contributed by atoms with E-state index in [9.17, 15) is 0 Å². The molecule has 0 bridgehead atoms. The van der Waals surface area contributed by atoms with Crippen LogP contribution in [-0.2, 0) is 6.42 Å². The number of hydrogen-bond donors (Lipinski definition) is 0. The largest absolute Gasteiger partial charge is 0.260 e. The zero-order chi connectivity index (χ0) is 14.2. The van der Waals surface area contributed by atoms with Crippen LogP contribution >= 0.6 is 34.7 Å². The smallest absolute Gasteiger partial charge is 0.151 e. The van der Waals surface area contributed by atoms with Crippen molar-refractivity contribution in [3.05, 3.63) is 52.8 Å². The molecule has 106 valence electrons. The normalized spacial score (nSPS) is 17.9. The summed E-state index contributed by atoms with van der Waals surface area (Å²) in [6.07, 6.45) is 5.45. The Labute approximate surface area is 136 Å². The molecule has 0 amide bonds. The van der Waals surface area contributed by atoms with Crippen molar-refractivity contribution in [1.82, 2.24) is 9.97 Å². The molecule has 3 aromatic rings. The Bertz CT molecular complexity index is 800. The van der Waals surface area contributed by atoms with E-state index in [0.29, 0.717) is 5.25 Å². The van der Waals surface area contributed by atoms with Gasteiger partial charge in [0.2, 0.25) is 0 Å². The van der Waals surface area contributed by atoms with Crippen molar-refractivity contribution in [1.29, 1.82) is 0 Å². The van der Waals surface area contributed by atoms with Crippen LogP contribution in [0.15, 0.2) is 40.9 Å². The lowest BCUT2D eigenvalue weighted by molar-refractivity contribution is 0.656. The van der Waals surface area contributed by atoms with E-state index in [1.807, 2.05) is 42.2 Å². The number of fused-ring (bicyclic) bond motifs is 2. The number of hydrogen-bond acceptors (Lipinski definition) is 4. The minimum absolute atomic E-state index is 0.422. The molecule has 2 aromatic heterocycles. The van der Waals surface area contributed by atoms with Crippen LogP contribution in [0.25, 0.3) is 10.2 Å². The highest BCUT2D eigenvalue weighted by atomic mass is 35.5. The molecule has 0 aliphatic heterocycles. The number of pyridine rings is 1. The predicted octanol–water partition coefficient (Wildman–Crippen LogP) is 5.51. The molecule has 2 heterocycles. The first-order valence-electron chi connectivity index (χ1n) is 6.96. The number of nitrogens with zero attached hydrogens (tertiary/aromatic N) is 2. The molecule has 1 atom stereocenters. The monoisotopic (exact) mass is 332 g/mol. The number of aromatic nitrogens is 2. The molecule has 0 saturated carbocycles. The average molecular weight is 333 g/mol. The molecule has 1 unspecified atom stereocenters. The molecule has 4 rings (SSSR count). The van der Waals surface area contributed by atoms with Crippen molar-refractivity contribution in [2.75, 3.05) is 0 Å². The minimum atomic E-state index is 0.422. The second-order valence-electron chi connectivity index (χ2n) is 5.14. The maximum atomic E-state index is 6.03. The van der Waals surface area contributed by atoms with Crippen molar-refractivity contribution in [2.45, 2.75) is 28.9 Å². The van der Waals surface area contributed by atoms with Gasteiger partial charge in [0, 0.05) is 11.2 Å². The molecule has 0 fully saturated rings. The Morgan fingerprint density at radius 3 is 3.19 bits per heavy atom. The molecular formula is C16H13ClN2S2. The van der Waals surface area contributed by atoms with E-state index in [-0.39, 0.29) is 0 Å². The summed E-state index contributed by atoms with van der Waals surface area (Å²) in [5, 5.41) is 1.17. The van der Waals surface area contributed by atoms with Gasteiger partial charge >= 0.3 is 0 Å². The van der Waals surface area contributed by atoms with E-state index in [0.717, 1.165) is 21.3 Å². The molecule has 5 heteroatoms. The average Bonchev–Trinajstić information content (AvgIpc) is 2.89. The highest BCUT2D eigenvalue weighted by Gasteiger charge is 2.23. The van der Waals surface area contributed by atoms with E-state index in [1.165, 1.54) is 28.8 Å². The van der Waals surface area contributed by atoms with Crippen molar-refractivity contribution in [3.63, 3.8) is 0 Å². The van der Waals surface area contributed by atoms with E-state index in [4.69, 9.17) is 16.6 Å². The van der Waals surface area contributed by atoms with Crippen LogP contribution in [0.4, 0.5) is 0 Å². The second kappa shape index (κ2) is 5.59. The van der Waals surface area contributed by atoms with E-state index >= 15 is 0 Å². The Kier molecular flexibility index (Phi) is 3.61. The summed E-state index contributed by atoms with van der Waals surface area (Å²) in [7, 11) is 0. The van der Waals surface area contributed by atoms with Crippen LogP contribution in [0.2, 0.25) is 5.02 Å². The molecular weight excluding hydrogens is 320 g/mol. The van der Waals surface area contributed by atoms with Crippen LogP contribution in [0.5, 0.6) is 0 Å². The first kappa shape index (κ1) is 13.6. The molecule has 0 N–H and O–H groups in total. The highest BCUT2D eigenvalue weighted by molar-refractivity contribution is 8.01. The fourth-order valence-electron chi connectivity index (χ4n) is 2.73. The minimum Gasteiger partial charge on any atom is -0.260 e. The summed E-state index contributed by atoms with van der Waals surface area (Å²) < 4.78 is 2.30. The Morgan fingerprint density at radius 2 is 2.24 bits per heavy atom. The van der Waals surface area contributed by atoms with Crippen molar-refractivity contribution in [2.24, 2.45) is 0 Å². The summed E-state index contributed by atoms with van der Waals surface area (Å²) in [6, 6.07) is 10.1. The predicted molar refractivity (Wildman–Crippen MR) is 90.4 cm³/mol. The van der Waals surface area contributed by atoms with E-state index < -0.39 is 0 Å². The quantitative estimate of drug-likeness (QED) is 0.618. The summed E-state index contributed by atoms with van der Waals surface area (Å²) in [4.78, 5) is 9.31. The summed E-state index contributed by atoms with van der Waals surface area (Å²) in [5.41, 5.74) is 3.63. The van der Waals surface area contributed by atoms with Gasteiger partial charge < -0.3 is 0 Å². The van der Waals surface area contributed by atoms with E-state index in [1.54, 1.807) is 11.3 Å². The first-order valence-corrected chi connectivity index (χ1v) is 9.03. The molecule has 1 aliphatic carbocycles. The Morgan fingerprint density at radius 1 is 1.29 bits per heavy atom. The number of thioether (sulfide) groups is 1. The van der Waals surface area contributed by atoms with Crippen LogP contribution < -0.4 is 0 Å². The maximum absolute atomic E-state index is 6.03. The van der Waals surface area contributed by atoms with E-state index in [2.05, 4.69) is 11.1 Å². The van der Waals surface area contributed by atoms with Crippen LogP contribution in [0.3, 0.4) is 0 Å². The molecule has 1 aromatic carbocycles. The van der Waals surface area contributed by atoms with Gasteiger partial charge in [-0.15, -0.1) is 11.3 Å². The third-order valence-corrected chi connectivity index (χ3v) is 6.36. The molecule has 21 heavy (non-hydrogen) atoms. The fraction of sp³-hybridized carbons (Fsp3) is 0.250. The zero-order valence-corrected chi connectivity index (χ0v) is 13.6. The molecule has 0 radical (unpaired) electrons. The Balaban J connectivity index is 1.66. The summed E-state index contributed by atoms with van der Waals surface area (Å²) >= 11 is 9.61. The van der Waals surface area contributed by atoms with Gasteiger partial charge in [-0.05, 0) is 49.1 Å². The number of halogens is 1. The van der Waals surface area contributed by atoms with Gasteiger partial charge in [0.15, 0.2) is 4.34 Å². The molecule has 0 saturated heterocycles. The maximum Gasteiger partial charge on any atom is 0.151 e. The number of thiazole rings is 1. The van der Waals surface area contributed by atoms with Crippen LogP contribution in [0, 0.1) is 0 Å². The molecule has 2 nitrogen and oxygen atoms in total. The molecule has 1 aliphatic rings. The van der Waals surface area contributed by atoms with Gasteiger partial charge in [-0.25, -0.2) is 4.98 Å². The van der Waals surface area contributed by atoms with Crippen LogP contribution in [-0.4, -0.2) is 9.97 Å². The van der Waals surface area contributed by atoms with Crippen LogP contribution in [0.1, 0.15) is 29.3 Å². The Hall–Kier alpha value is -1.10. The summed E-state index contributed by atoms with van der Waals surface area (Å²) in [6.45, 7) is 0. The SMILES string of the molecule is Clc1ccc2sc(SC3CCCc4cccnc43)nc2c1. The number of benzene rings is 1. The standard InChI is InChI=1S/C16H13ClN2S2/c17-11-6-7-13-12(9-11)19-16(20-13)21-14-5-1-3-10-4-2-8-18-15(10)14/h2,4,6-9,14H,1,3,5H2. The van der Waals surface area contributed by atoms with Gasteiger partial charge in [0.25, 0.3) is 0 Å². The highest BCUT2D eigenvalue weighted by Crippen LogP contribution is 2.44. The lowest BCUT2D eigenvalue weighted by Crippen LogP contribution is -2.08. The van der Waals surface area contributed by atoms with Gasteiger partial charge in [0.1, 0.15) is 0 Å². The number of aryl methyl sites for hydroxylation is 1. The second-order valence-corrected chi connectivity index (χ2v) is 8.06. The van der Waals surface area contributed by atoms with Gasteiger partial charge in [-0.2, -0.15) is 0 Å². The third-order valence-electron chi connectivity index (χ3n) is 3.72. The molecule has 0 spiro atoms. The third kappa shape index (κ3) is 2.68. The van der Waals surface area contributed by atoms with Crippen molar-refractivity contribution >= 4 is 44.9 Å². The van der Waals surface area contributed by atoms with Gasteiger partial charge in [-0.3, -0.25) is 4.98 Å². The lowest BCUT2D eigenvalue weighted by atomic mass is 9.96. The van der Waals surface area contributed by atoms with Crippen molar-refractivity contribution < 1.29 is 0 Å². The number of rotatable bonds is 2. The lowest BCUT2D eigenvalue weighted by Gasteiger charge is -2.22. The van der Waals surface area contributed by atoms with Gasteiger partial charge in [-0.1, -0.05) is 29.4 Å². The summed E-state index contributed by atoms with van der Waals surface area (Å²) in [5.74, 6) is 0. The topological polar surface area (TPSA) is 25.8 Å². The first-order chi connectivity index (χ1) is 10.3. The van der Waals surface area contributed by atoms with Crippen molar-refractivity contribution in [3.8, 4) is 0 Å². The zero-order valence-electron chi connectivity index (χ0n) is 11.3. The van der Waals surface area contributed by atoms with Gasteiger partial charge in [0.05, 0.1) is 21.2 Å². The fourth-order valence-corrected chi connectivity index (χ4v) is 5.39.